The van der Waals surface area contributed by atoms with E-state index in [0.29, 0.717) is 18.5 Å². The molecule has 0 aliphatic rings. The highest BCUT2D eigenvalue weighted by atomic mass is 16.4. The molecule has 7 nitrogen and oxygen atoms in total. The molecule has 1 aromatic heterocycles. The van der Waals surface area contributed by atoms with Gasteiger partial charge in [0, 0.05) is 32.0 Å². The number of amidine groups is 1. The van der Waals surface area contributed by atoms with Gasteiger partial charge in [0.2, 0.25) is 0 Å². The van der Waals surface area contributed by atoms with Crippen LogP contribution in [-0.4, -0.2) is 52.1 Å². The Hall–Kier alpha value is -2.15. The van der Waals surface area contributed by atoms with Crippen molar-refractivity contribution >= 4 is 11.7 Å². The maximum atomic E-state index is 11.9. The predicted molar refractivity (Wildman–Crippen MR) is 65.4 cm³/mol. The number of pyridine rings is 1. The van der Waals surface area contributed by atoms with E-state index in [0.717, 1.165) is 0 Å². The van der Waals surface area contributed by atoms with E-state index < -0.39 is 0 Å². The molecule has 0 bridgehead atoms. The Bertz CT molecular complexity index is 430. The first-order valence-electron chi connectivity index (χ1n) is 5.40. The largest absolute Gasteiger partial charge is 0.409 e. The van der Waals surface area contributed by atoms with Crippen molar-refractivity contribution in [2.24, 2.45) is 10.9 Å². The van der Waals surface area contributed by atoms with Gasteiger partial charge in [-0.15, -0.1) is 0 Å². The molecule has 1 heterocycles. The normalized spacial score (nSPS) is 11.3. The number of carbonyl (C=O) groups is 1. The molecular formula is C11H16N4O3. The van der Waals surface area contributed by atoms with Gasteiger partial charge in [-0.1, -0.05) is 5.16 Å². The Kier molecular flexibility index (Phi) is 5.06. The summed E-state index contributed by atoms with van der Waals surface area (Å²) in [4.78, 5) is 17.3. The molecule has 0 saturated heterocycles. The summed E-state index contributed by atoms with van der Waals surface area (Å²) in [5.41, 5.74) is 6.09. The summed E-state index contributed by atoms with van der Waals surface area (Å²) in [7, 11) is 1.64. The van der Waals surface area contributed by atoms with Crippen LogP contribution in [-0.2, 0) is 0 Å². The second-order valence-electron chi connectivity index (χ2n) is 3.72. The number of aliphatic hydroxyl groups excluding tert-OH is 1. The minimum absolute atomic E-state index is 0.0352. The first-order valence-corrected chi connectivity index (χ1v) is 5.40. The summed E-state index contributed by atoms with van der Waals surface area (Å²) in [5.74, 6) is -0.301. The number of rotatable bonds is 5. The molecule has 0 aliphatic heterocycles. The molecule has 0 unspecified atom stereocenters. The summed E-state index contributed by atoms with van der Waals surface area (Å²) < 4.78 is 0. The molecule has 18 heavy (non-hydrogen) atoms. The van der Waals surface area contributed by atoms with Gasteiger partial charge >= 0.3 is 0 Å². The van der Waals surface area contributed by atoms with Crippen LogP contribution in [0.25, 0.3) is 0 Å². The lowest BCUT2D eigenvalue weighted by atomic mass is 10.2. The van der Waals surface area contributed by atoms with Crippen LogP contribution in [0.3, 0.4) is 0 Å². The molecule has 0 atom stereocenters. The molecule has 0 radical (unpaired) electrons. The number of nitrogens with two attached hydrogens (primary N) is 1. The van der Waals surface area contributed by atoms with Crippen LogP contribution in [0.2, 0.25) is 0 Å². The van der Waals surface area contributed by atoms with E-state index in [1.807, 2.05) is 0 Å². The first kappa shape index (κ1) is 13.9. The van der Waals surface area contributed by atoms with Crippen molar-refractivity contribution in [1.29, 1.82) is 0 Å². The van der Waals surface area contributed by atoms with Crippen LogP contribution in [0, 0.1) is 0 Å². The van der Waals surface area contributed by atoms with Gasteiger partial charge in [0.25, 0.3) is 5.91 Å². The molecule has 1 amide bonds. The Balaban J connectivity index is 2.76. The minimum Gasteiger partial charge on any atom is -0.409 e. The van der Waals surface area contributed by atoms with Crippen molar-refractivity contribution in [2.75, 3.05) is 20.2 Å². The van der Waals surface area contributed by atoms with Crippen LogP contribution < -0.4 is 5.73 Å². The monoisotopic (exact) mass is 252 g/mol. The topological polar surface area (TPSA) is 112 Å². The maximum Gasteiger partial charge on any atom is 0.272 e. The Morgan fingerprint density at radius 1 is 1.56 bits per heavy atom. The fourth-order valence-corrected chi connectivity index (χ4v) is 1.33. The quantitative estimate of drug-likeness (QED) is 0.286. The fraction of sp³-hybridized carbons (Fsp3) is 0.364. The molecule has 0 spiro atoms. The Morgan fingerprint density at radius 2 is 2.28 bits per heavy atom. The SMILES string of the molecule is CN(CCCO)C(=O)c1ccc(/C(N)=N/O)cn1. The van der Waals surface area contributed by atoms with Gasteiger partial charge in [-0.25, -0.2) is 0 Å². The average Bonchev–Trinajstić information content (AvgIpc) is 2.43. The standard InChI is InChI=1S/C11H16N4O3/c1-15(5-2-6-16)11(17)9-4-3-8(7-13-9)10(12)14-18/h3-4,7,16,18H,2,5-6H2,1H3,(H2,12,14). The molecule has 1 aromatic rings. The molecule has 7 heteroatoms. The molecule has 98 valence electrons. The van der Waals surface area contributed by atoms with E-state index in [4.69, 9.17) is 16.0 Å². The number of hydrogen-bond acceptors (Lipinski definition) is 5. The highest BCUT2D eigenvalue weighted by Crippen LogP contribution is 2.03. The van der Waals surface area contributed by atoms with Gasteiger partial charge in [-0.05, 0) is 18.6 Å². The molecule has 1 rings (SSSR count). The number of hydrogen-bond donors (Lipinski definition) is 3. The van der Waals surface area contributed by atoms with Gasteiger partial charge < -0.3 is 20.9 Å². The zero-order chi connectivity index (χ0) is 13.5. The number of oxime groups is 1. The zero-order valence-electron chi connectivity index (χ0n) is 10.1. The summed E-state index contributed by atoms with van der Waals surface area (Å²) in [6.07, 6.45) is 1.88. The second kappa shape index (κ2) is 6.55. The smallest absolute Gasteiger partial charge is 0.272 e. The molecule has 0 saturated carbocycles. The summed E-state index contributed by atoms with van der Waals surface area (Å²) in [5, 5.41) is 20.0. The van der Waals surface area contributed by atoms with Crippen molar-refractivity contribution < 1.29 is 15.1 Å². The van der Waals surface area contributed by atoms with Gasteiger partial charge in [0.15, 0.2) is 5.84 Å². The van der Waals surface area contributed by atoms with Crippen LogP contribution in [0.15, 0.2) is 23.5 Å². The van der Waals surface area contributed by atoms with Crippen molar-refractivity contribution in [1.82, 2.24) is 9.88 Å². The first-order chi connectivity index (χ1) is 8.60. The number of carbonyl (C=O) groups excluding carboxylic acids is 1. The number of amides is 1. The summed E-state index contributed by atoms with van der Waals surface area (Å²) in [6.45, 7) is 0.493. The van der Waals surface area contributed by atoms with Gasteiger partial charge in [0.05, 0.1) is 0 Å². The van der Waals surface area contributed by atoms with Crippen LogP contribution in [0.1, 0.15) is 22.5 Å². The lowest BCUT2D eigenvalue weighted by Crippen LogP contribution is -2.29. The summed E-state index contributed by atoms with van der Waals surface area (Å²) >= 11 is 0. The highest BCUT2D eigenvalue weighted by Gasteiger charge is 2.12. The van der Waals surface area contributed by atoms with E-state index in [9.17, 15) is 4.79 Å². The van der Waals surface area contributed by atoms with Crippen molar-refractivity contribution in [3.05, 3.63) is 29.6 Å². The molecule has 0 aromatic carbocycles. The van der Waals surface area contributed by atoms with Crippen molar-refractivity contribution in [2.45, 2.75) is 6.42 Å². The highest BCUT2D eigenvalue weighted by molar-refractivity contribution is 5.98. The van der Waals surface area contributed by atoms with E-state index in [1.165, 1.54) is 17.2 Å². The third-order valence-corrected chi connectivity index (χ3v) is 2.38. The Labute approximate surface area is 105 Å². The zero-order valence-corrected chi connectivity index (χ0v) is 10.1. The third kappa shape index (κ3) is 3.42. The Morgan fingerprint density at radius 3 is 2.78 bits per heavy atom. The lowest BCUT2D eigenvalue weighted by molar-refractivity contribution is 0.0780. The van der Waals surface area contributed by atoms with Crippen molar-refractivity contribution in [3.63, 3.8) is 0 Å². The average molecular weight is 252 g/mol. The van der Waals surface area contributed by atoms with E-state index in [1.54, 1.807) is 13.1 Å². The lowest BCUT2D eigenvalue weighted by Gasteiger charge is -2.15. The molecular weight excluding hydrogens is 236 g/mol. The van der Waals surface area contributed by atoms with E-state index in [2.05, 4.69) is 10.1 Å². The van der Waals surface area contributed by atoms with Gasteiger partial charge in [-0.3, -0.25) is 9.78 Å². The number of aliphatic hydroxyl groups is 1. The van der Waals surface area contributed by atoms with E-state index >= 15 is 0 Å². The molecule has 4 N–H and O–H groups in total. The van der Waals surface area contributed by atoms with Gasteiger partial charge in [-0.2, -0.15) is 0 Å². The predicted octanol–water partition coefficient (Wildman–Crippen LogP) is -0.370. The van der Waals surface area contributed by atoms with Crippen LogP contribution in [0.5, 0.6) is 0 Å². The maximum absolute atomic E-state index is 11.9. The minimum atomic E-state index is -0.241. The number of aromatic nitrogens is 1. The van der Waals surface area contributed by atoms with Crippen LogP contribution >= 0.6 is 0 Å². The second-order valence-corrected chi connectivity index (χ2v) is 3.72. The van der Waals surface area contributed by atoms with Crippen LogP contribution in [0.4, 0.5) is 0 Å². The molecule has 0 fully saturated rings. The fourth-order valence-electron chi connectivity index (χ4n) is 1.33. The third-order valence-electron chi connectivity index (χ3n) is 2.38. The summed E-state index contributed by atoms with van der Waals surface area (Å²) in [6, 6.07) is 3.06. The van der Waals surface area contributed by atoms with E-state index in [-0.39, 0.29) is 24.0 Å². The van der Waals surface area contributed by atoms with Crippen molar-refractivity contribution in [3.8, 4) is 0 Å². The molecule has 0 aliphatic carbocycles. The number of nitrogens with zero attached hydrogens (tertiary/aromatic N) is 3. The van der Waals surface area contributed by atoms with Gasteiger partial charge in [0.1, 0.15) is 5.69 Å².